The lowest BCUT2D eigenvalue weighted by molar-refractivity contribution is -0.182. The van der Waals surface area contributed by atoms with Gasteiger partial charge in [-0.05, 0) is 6.42 Å². The van der Waals surface area contributed by atoms with Crippen LogP contribution in [0.4, 0.5) is 0 Å². The van der Waals surface area contributed by atoms with Crippen molar-refractivity contribution in [2.75, 3.05) is 0 Å². The number of unbranched alkanes of at least 4 members (excludes halogenated alkanes) is 6. The number of carboxylic acids is 2. The van der Waals surface area contributed by atoms with Crippen molar-refractivity contribution in [2.24, 2.45) is 0 Å². The fraction of sp³-hybridized carbons (Fsp3) is 0.812. The Labute approximate surface area is 141 Å². The highest BCUT2D eigenvalue weighted by atomic mass is 16.6. The molecule has 8 heteroatoms. The highest BCUT2D eigenvalue weighted by Crippen LogP contribution is 2.18. The van der Waals surface area contributed by atoms with Crippen LogP contribution in [0.25, 0.3) is 0 Å². The molecule has 0 amide bonds. The van der Waals surface area contributed by atoms with Crippen LogP contribution in [0, 0.1) is 0 Å². The number of hydrogen-bond donors (Lipinski definition) is 4. The molecule has 2 unspecified atom stereocenters. The zero-order valence-corrected chi connectivity index (χ0v) is 14.1. The van der Waals surface area contributed by atoms with Gasteiger partial charge in [0.2, 0.25) is 6.29 Å². The molecule has 0 saturated carbocycles. The van der Waals surface area contributed by atoms with Crippen molar-refractivity contribution in [3.05, 3.63) is 0 Å². The molecule has 0 bridgehead atoms. The Morgan fingerprint density at radius 1 is 0.958 bits per heavy atom. The summed E-state index contributed by atoms with van der Waals surface area (Å²) in [6, 6.07) is 0. The Morgan fingerprint density at radius 2 is 1.50 bits per heavy atom. The lowest BCUT2D eigenvalue weighted by Gasteiger charge is -2.21. The highest BCUT2D eigenvalue weighted by molar-refractivity contribution is 5.88. The molecule has 0 fully saturated rings. The number of aliphatic hydroxyl groups is 2. The number of esters is 1. The van der Waals surface area contributed by atoms with Crippen LogP contribution in [0.2, 0.25) is 0 Å². The molecule has 0 aliphatic carbocycles. The molecule has 8 nitrogen and oxygen atoms in total. The topological polar surface area (TPSA) is 141 Å². The van der Waals surface area contributed by atoms with Crippen molar-refractivity contribution in [3.63, 3.8) is 0 Å². The molecule has 0 aromatic carbocycles. The largest absolute Gasteiger partial charge is 0.481 e. The van der Waals surface area contributed by atoms with Crippen molar-refractivity contribution in [3.8, 4) is 0 Å². The van der Waals surface area contributed by atoms with Crippen molar-refractivity contribution in [1.82, 2.24) is 0 Å². The number of aliphatic carboxylic acids is 2. The second-order valence-corrected chi connectivity index (χ2v) is 5.94. The number of hydrogen-bond acceptors (Lipinski definition) is 6. The predicted molar refractivity (Wildman–Crippen MR) is 84.2 cm³/mol. The molecule has 0 aliphatic heterocycles. The van der Waals surface area contributed by atoms with Crippen molar-refractivity contribution < 1.29 is 39.5 Å². The summed E-state index contributed by atoms with van der Waals surface area (Å²) in [5.74, 6) is -4.55. The van der Waals surface area contributed by atoms with Gasteiger partial charge in [-0.3, -0.25) is 9.59 Å². The van der Waals surface area contributed by atoms with E-state index in [9.17, 15) is 24.6 Å². The summed E-state index contributed by atoms with van der Waals surface area (Å²) in [5.41, 5.74) is -2.75. The molecule has 0 radical (unpaired) electrons. The third-order valence-electron chi connectivity index (χ3n) is 3.60. The van der Waals surface area contributed by atoms with Gasteiger partial charge in [0.1, 0.15) is 0 Å². The first-order valence-corrected chi connectivity index (χ1v) is 8.26. The Morgan fingerprint density at radius 3 is 2.00 bits per heavy atom. The Hall–Kier alpha value is -1.67. The van der Waals surface area contributed by atoms with E-state index in [4.69, 9.17) is 10.2 Å². The minimum Gasteiger partial charge on any atom is -0.481 e. The zero-order chi connectivity index (χ0) is 18.6. The quantitative estimate of drug-likeness (QED) is 0.211. The van der Waals surface area contributed by atoms with Gasteiger partial charge in [0, 0.05) is 6.42 Å². The van der Waals surface area contributed by atoms with Gasteiger partial charge < -0.3 is 25.2 Å². The van der Waals surface area contributed by atoms with Crippen LogP contribution in [0.5, 0.6) is 0 Å². The standard InChI is InChI=1S/C16H28O8/c1-2-3-4-5-6-7-8-9-13(19)24-14(20)11-16(23,15(21)22)10-12(17)18/h13,19,23H,2-11H2,1H3,(H,17,18)(H,21,22). The molecule has 140 valence electrons. The number of aliphatic hydroxyl groups excluding tert-OH is 1. The van der Waals surface area contributed by atoms with Gasteiger partial charge in [-0.15, -0.1) is 0 Å². The Bertz CT molecular complexity index is 409. The van der Waals surface area contributed by atoms with Crippen molar-refractivity contribution in [2.45, 2.75) is 83.0 Å². The van der Waals surface area contributed by atoms with E-state index in [0.29, 0.717) is 6.42 Å². The number of ether oxygens (including phenoxy) is 1. The average Bonchev–Trinajstić information content (AvgIpc) is 2.44. The van der Waals surface area contributed by atoms with E-state index in [1.807, 2.05) is 0 Å². The molecule has 0 heterocycles. The molecule has 0 aromatic heterocycles. The van der Waals surface area contributed by atoms with Gasteiger partial charge in [0.05, 0.1) is 12.8 Å². The van der Waals surface area contributed by atoms with Crippen LogP contribution >= 0.6 is 0 Å². The summed E-state index contributed by atoms with van der Waals surface area (Å²) in [6.45, 7) is 2.13. The van der Waals surface area contributed by atoms with Gasteiger partial charge >= 0.3 is 17.9 Å². The van der Waals surface area contributed by atoms with Gasteiger partial charge in [-0.2, -0.15) is 0 Å². The van der Waals surface area contributed by atoms with Gasteiger partial charge in [0.25, 0.3) is 0 Å². The molecule has 0 saturated heterocycles. The van der Waals surface area contributed by atoms with E-state index >= 15 is 0 Å². The minimum atomic E-state index is -2.75. The Balaban J connectivity index is 4.08. The van der Waals surface area contributed by atoms with Crippen LogP contribution < -0.4 is 0 Å². The molecule has 4 N–H and O–H groups in total. The van der Waals surface area contributed by atoms with Crippen LogP contribution in [-0.4, -0.2) is 50.2 Å². The SMILES string of the molecule is CCCCCCCCCC(O)OC(=O)CC(O)(CC(=O)O)C(=O)O. The van der Waals surface area contributed by atoms with Crippen molar-refractivity contribution >= 4 is 17.9 Å². The summed E-state index contributed by atoms with van der Waals surface area (Å²) in [6.07, 6.45) is 3.86. The zero-order valence-electron chi connectivity index (χ0n) is 14.1. The molecule has 2 atom stereocenters. The first-order chi connectivity index (χ1) is 11.2. The maximum Gasteiger partial charge on any atom is 0.336 e. The molecule has 0 rings (SSSR count). The third kappa shape index (κ3) is 10.2. The number of rotatable bonds is 14. The van der Waals surface area contributed by atoms with E-state index in [1.165, 1.54) is 19.3 Å². The minimum absolute atomic E-state index is 0.212. The summed E-state index contributed by atoms with van der Waals surface area (Å²) in [7, 11) is 0. The fourth-order valence-corrected chi connectivity index (χ4v) is 2.23. The van der Waals surface area contributed by atoms with E-state index in [0.717, 1.165) is 19.3 Å². The van der Waals surface area contributed by atoms with Crippen LogP contribution in [-0.2, 0) is 19.1 Å². The smallest absolute Gasteiger partial charge is 0.336 e. The van der Waals surface area contributed by atoms with E-state index in [-0.39, 0.29) is 6.42 Å². The van der Waals surface area contributed by atoms with E-state index < -0.39 is 42.6 Å². The molecule has 24 heavy (non-hydrogen) atoms. The second-order valence-electron chi connectivity index (χ2n) is 5.94. The predicted octanol–water partition coefficient (Wildman–Crippen LogP) is 1.67. The molecular formula is C16H28O8. The summed E-state index contributed by atoms with van der Waals surface area (Å²) in [5, 5.41) is 36.7. The number of carboxylic acid groups (broad SMARTS) is 2. The number of carbonyl (C=O) groups excluding carboxylic acids is 1. The van der Waals surface area contributed by atoms with E-state index in [2.05, 4.69) is 11.7 Å². The first-order valence-electron chi connectivity index (χ1n) is 8.26. The monoisotopic (exact) mass is 348 g/mol. The molecule has 0 aromatic rings. The normalized spacial score (nSPS) is 14.6. The van der Waals surface area contributed by atoms with Crippen molar-refractivity contribution in [1.29, 1.82) is 0 Å². The maximum absolute atomic E-state index is 11.6. The average molecular weight is 348 g/mol. The lowest BCUT2D eigenvalue weighted by Crippen LogP contribution is -2.43. The summed E-state index contributed by atoms with van der Waals surface area (Å²) < 4.78 is 4.62. The fourth-order valence-electron chi connectivity index (χ4n) is 2.23. The van der Waals surface area contributed by atoms with Gasteiger partial charge in [-0.25, -0.2) is 4.79 Å². The van der Waals surface area contributed by atoms with Crippen LogP contribution in [0.15, 0.2) is 0 Å². The molecular weight excluding hydrogens is 320 g/mol. The Kier molecular flexibility index (Phi) is 11.0. The third-order valence-corrected chi connectivity index (χ3v) is 3.60. The van der Waals surface area contributed by atoms with Gasteiger partial charge in [0.15, 0.2) is 5.60 Å². The summed E-state index contributed by atoms with van der Waals surface area (Å²) in [4.78, 5) is 33.0. The van der Waals surface area contributed by atoms with Crippen LogP contribution in [0.3, 0.4) is 0 Å². The second kappa shape index (κ2) is 11.8. The number of carbonyl (C=O) groups is 3. The van der Waals surface area contributed by atoms with E-state index in [1.54, 1.807) is 0 Å². The van der Waals surface area contributed by atoms with Gasteiger partial charge in [-0.1, -0.05) is 45.4 Å². The maximum atomic E-state index is 11.6. The molecule has 0 spiro atoms. The first kappa shape index (κ1) is 22.3. The molecule has 0 aliphatic rings. The highest BCUT2D eigenvalue weighted by Gasteiger charge is 2.41. The van der Waals surface area contributed by atoms with Crippen LogP contribution in [0.1, 0.15) is 71.1 Å². The summed E-state index contributed by atoms with van der Waals surface area (Å²) >= 11 is 0. The lowest BCUT2D eigenvalue weighted by atomic mass is 9.96.